The molecule has 0 bridgehead atoms. The van der Waals surface area contributed by atoms with Crippen LogP contribution in [0.5, 0.6) is 46.0 Å². The van der Waals surface area contributed by atoms with Crippen molar-refractivity contribution in [1.82, 2.24) is 4.98 Å². The summed E-state index contributed by atoms with van der Waals surface area (Å²) in [6, 6.07) is 49.4. The van der Waals surface area contributed by atoms with Crippen LogP contribution in [0.3, 0.4) is 0 Å². The first-order valence-corrected chi connectivity index (χ1v) is 15.3. The van der Waals surface area contributed by atoms with Gasteiger partial charge >= 0.3 is 0 Å². The van der Waals surface area contributed by atoms with Crippen LogP contribution in [0.25, 0.3) is 22.4 Å². The van der Waals surface area contributed by atoms with Gasteiger partial charge in [0, 0.05) is 28.7 Å². The van der Waals surface area contributed by atoms with Gasteiger partial charge in [-0.15, -0.1) is 0 Å². The van der Waals surface area contributed by atoms with Gasteiger partial charge < -0.3 is 30.4 Å². The second kappa shape index (κ2) is 13.7. The number of ether oxygens (including phenoxy) is 4. The summed E-state index contributed by atoms with van der Waals surface area (Å²) in [5.41, 5.74) is 16.8. The van der Waals surface area contributed by atoms with E-state index < -0.39 is 0 Å². The minimum absolute atomic E-state index is 0.693. The van der Waals surface area contributed by atoms with Gasteiger partial charge in [-0.05, 0) is 145 Å². The molecule has 0 saturated carbocycles. The van der Waals surface area contributed by atoms with Crippen molar-refractivity contribution in [3.05, 3.63) is 164 Å². The van der Waals surface area contributed by atoms with Gasteiger partial charge in [0.2, 0.25) is 0 Å². The average molecular weight is 630 g/mol. The van der Waals surface area contributed by atoms with Gasteiger partial charge in [0.15, 0.2) is 0 Å². The lowest BCUT2D eigenvalue weighted by atomic mass is 9.99. The molecule has 7 heteroatoms. The molecule has 7 aromatic rings. The molecule has 0 amide bonds. The molecule has 1 heterocycles. The maximum absolute atomic E-state index is 6.09. The molecule has 1 aromatic heterocycles. The maximum atomic E-state index is 6.09. The Hall–Kier alpha value is -6.73. The topological polar surface area (TPSA) is 102 Å². The lowest BCUT2D eigenvalue weighted by molar-refractivity contribution is 0.469. The number of hydrogen-bond donors (Lipinski definition) is 2. The Labute approximate surface area is 278 Å². The van der Waals surface area contributed by atoms with Crippen molar-refractivity contribution in [1.29, 1.82) is 0 Å². The van der Waals surface area contributed by atoms with Crippen LogP contribution < -0.4 is 30.4 Å². The Bertz CT molecular complexity index is 1940. The van der Waals surface area contributed by atoms with Crippen molar-refractivity contribution in [3.8, 4) is 68.4 Å². The second-order valence-electron chi connectivity index (χ2n) is 10.9. The zero-order valence-electron chi connectivity index (χ0n) is 25.8. The zero-order valence-corrected chi connectivity index (χ0v) is 25.8. The first-order valence-electron chi connectivity index (χ1n) is 15.3. The first kappa shape index (κ1) is 30.0. The number of hydrogen-bond acceptors (Lipinski definition) is 7. The van der Waals surface area contributed by atoms with E-state index in [1.54, 1.807) is 30.5 Å². The van der Waals surface area contributed by atoms with Gasteiger partial charge in [-0.2, -0.15) is 0 Å². The summed E-state index contributed by atoms with van der Waals surface area (Å²) in [6.07, 6.45) is 1.80. The van der Waals surface area contributed by atoms with Crippen LogP contribution in [0.4, 0.5) is 11.4 Å². The molecule has 48 heavy (non-hydrogen) atoms. The van der Waals surface area contributed by atoms with E-state index in [0.717, 1.165) is 45.4 Å². The second-order valence-corrected chi connectivity index (χ2v) is 10.9. The third kappa shape index (κ3) is 7.38. The van der Waals surface area contributed by atoms with Crippen LogP contribution in [0.2, 0.25) is 0 Å². The molecule has 0 unspecified atom stereocenters. The lowest BCUT2D eigenvalue weighted by Crippen LogP contribution is -1.91. The molecular weight excluding hydrogens is 598 g/mol. The van der Waals surface area contributed by atoms with Crippen molar-refractivity contribution in [2.45, 2.75) is 0 Å². The Kier molecular flexibility index (Phi) is 8.56. The zero-order chi connectivity index (χ0) is 32.7. The smallest absolute Gasteiger partial charge is 0.127 e. The average Bonchev–Trinajstić information content (AvgIpc) is 3.13. The highest BCUT2D eigenvalue weighted by Gasteiger charge is 2.10. The summed E-state index contributed by atoms with van der Waals surface area (Å²) >= 11 is 0. The number of nitrogen functional groups attached to an aromatic ring is 2. The molecule has 0 radical (unpaired) electrons. The molecule has 0 saturated heterocycles. The number of pyridine rings is 1. The molecule has 6 aromatic carbocycles. The maximum Gasteiger partial charge on any atom is 0.127 e. The number of benzene rings is 6. The highest BCUT2D eigenvalue weighted by atomic mass is 16.5. The standard InChI is InChI=1S/C41H31N3O4/c42-30-7-15-34(16-8-30)47-38-23-19-36(20-24-38)45-32-11-3-28(4-12-32)40-2-1-27-44-41(40)29-5-13-33(14-6-29)46-37-21-25-39(26-22-37)48-35-17-9-31(43)10-18-35/h1-27H,42-43H2. The molecule has 0 aliphatic heterocycles. The van der Waals surface area contributed by atoms with E-state index in [2.05, 4.69) is 6.07 Å². The summed E-state index contributed by atoms with van der Waals surface area (Å²) < 4.78 is 23.9. The lowest BCUT2D eigenvalue weighted by Gasteiger charge is -2.12. The fourth-order valence-corrected chi connectivity index (χ4v) is 5.02. The van der Waals surface area contributed by atoms with Crippen molar-refractivity contribution >= 4 is 11.4 Å². The van der Waals surface area contributed by atoms with Crippen LogP contribution in [-0.2, 0) is 0 Å². The molecule has 7 nitrogen and oxygen atoms in total. The number of nitrogens with zero attached hydrogens (tertiary/aromatic N) is 1. The number of aromatic nitrogens is 1. The molecule has 0 atom stereocenters. The largest absolute Gasteiger partial charge is 0.457 e. The van der Waals surface area contributed by atoms with Crippen LogP contribution in [0, 0.1) is 0 Å². The predicted octanol–water partition coefficient (Wildman–Crippen LogP) is 10.7. The van der Waals surface area contributed by atoms with Gasteiger partial charge in [0.1, 0.15) is 46.0 Å². The van der Waals surface area contributed by atoms with E-state index >= 15 is 0 Å². The molecule has 0 aliphatic rings. The fraction of sp³-hybridized carbons (Fsp3) is 0. The third-order valence-electron chi connectivity index (χ3n) is 7.45. The first-order chi connectivity index (χ1) is 23.5. The molecule has 234 valence electrons. The van der Waals surface area contributed by atoms with E-state index in [1.165, 1.54) is 0 Å². The van der Waals surface area contributed by atoms with Crippen LogP contribution in [0.15, 0.2) is 164 Å². The Morgan fingerprint density at radius 1 is 0.333 bits per heavy atom. The Morgan fingerprint density at radius 2 is 0.625 bits per heavy atom. The van der Waals surface area contributed by atoms with E-state index in [0.29, 0.717) is 34.4 Å². The van der Waals surface area contributed by atoms with E-state index in [4.69, 9.17) is 35.4 Å². The number of rotatable bonds is 10. The van der Waals surface area contributed by atoms with Crippen LogP contribution in [0.1, 0.15) is 0 Å². The Balaban J connectivity index is 0.987. The molecule has 0 aliphatic carbocycles. The van der Waals surface area contributed by atoms with E-state index in [1.807, 2.05) is 127 Å². The van der Waals surface area contributed by atoms with Gasteiger partial charge in [0.25, 0.3) is 0 Å². The summed E-state index contributed by atoms with van der Waals surface area (Å²) in [4.78, 5) is 4.71. The molecule has 0 spiro atoms. The van der Waals surface area contributed by atoms with Gasteiger partial charge in [-0.1, -0.05) is 18.2 Å². The SMILES string of the molecule is Nc1ccc(Oc2ccc(Oc3ccc(-c4cccnc4-c4ccc(Oc5ccc(Oc6ccc(N)cc6)cc5)cc4)cc3)cc2)cc1. The fourth-order valence-electron chi connectivity index (χ4n) is 5.02. The van der Waals surface area contributed by atoms with E-state index in [9.17, 15) is 0 Å². The number of nitrogens with two attached hydrogens (primary N) is 2. The van der Waals surface area contributed by atoms with Gasteiger partial charge in [-0.3, -0.25) is 4.98 Å². The molecular formula is C41H31N3O4. The van der Waals surface area contributed by atoms with Crippen molar-refractivity contribution < 1.29 is 18.9 Å². The summed E-state index contributed by atoms with van der Waals surface area (Å²) in [6.45, 7) is 0. The highest BCUT2D eigenvalue weighted by Crippen LogP contribution is 2.34. The van der Waals surface area contributed by atoms with Crippen molar-refractivity contribution in [3.63, 3.8) is 0 Å². The monoisotopic (exact) mass is 629 g/mol. The van der Waals surface area contributed by atoms with Crippen LogP contribution in [-0.4, -0.2) is 4.98 Å². The van der Waals surface area contributed by atoms with Gasteiger partial charge in [0.05, 0.1) is 5.69 Å². The minimum Gasteiger partial charge on any atom is -0.457 e. The highest BCUT2D eigenvalue weighted by molar-refractivity contribution is 5.81. The quantitative estimate of drug-likeness (QED) is 0.145. The van der Waals surface area contributed by atoms with Gasteiger partial charge in [-0.25, -0.2) is 0 Å². The predicted molar refractivity (Wildman–Crippen MR) is 190 cm³/mol. The normalized spacial score (nSPS) is 10.7. The summed E-state index contributed by atoms with van der Waals surface area (Å²) in [5, 5.41) is 0. The summed E-state index contributed by atoms with van der Waals surface area (Å²) in [7, 11) is 0. The minimum atomic E-state index is 0.693. The summed E-state index contributed by atoms with van der Waals surface area (Å²) in [5.74, 6) is 5.71. The van der Waals surface area contributed by atoms with Crippen molar-refractivity contribution in [2.75, 3.05) is 11.5 Å². The third-order valence-corrected chi connectivity index (χ3v) is 7.45. The van der Waals surface area contributed by atoms with Crippen LogP contribution >= 0.6 is 0 Å². The van der Waals surface area contributed by atoms with E-state index in [-0.39, 0.29) is 0 Å². The van der Waals surface area contributed by atoms with Crippen molar-refractivity contribution in [2.24, 2.45) is 0 Å². The molecule has 0 fully saturated rings. The molecule has 4 N–H and O–H groups in total. The molecule has 7 rings (SSSR count). The Morgan fingerprint density at radius 3 is 0.979 bits per heavy atom. The number of anilines is 2.